The Morgan fingerprint density at radius 3 is 2.89 bits per heavy atom. The summed E-state index contributed by atoms with van der Waals surface area (Å²) in [5, 5.41) is 7.22. The number of rotatable bonds is 3. The van der Waals surface area contributed by atoms with Gasteiger partial charge in [0, 0.05) is 24.8 Å². The molecular weight excluding hydrogens is 236 g/mol. The Balaban J connectivity index is 1.88. The predicted octanol–water partition coefficient (Wildman–Crippen LogP) is 2.42. The maximum Gasteiger partial charge on any atom is 0.257 e. The van der Waals surface area contributed by atoms with Crippen molar-refractivity contribution >= 4 is 0 Å². The Morgan fingerprint density at radius 2 is 2.06 bits per heavy atom. The number of nitrogens with zero attached hydrogens (tertiary/aromatic N) is 2. The van der Waals surface area contributed by atoms with Crippen LogP contribution in [-0.4, -0.2) is 16.2 Å². The lowest BCUT2D eigenvalue weighted by molar-refractivity contribution is 0.122. The highest BCUT2D eigenvalue weighted by molar-refractivity contribution is 5.63. The van der Waals surface area contributed by atoms with E-state index in [1.54, 1.807) is 12.4 Å². The van der Waals surface area contributed by atoms with Crippen LogP contribution >= 0.6 is 0 Å². The van der Waals surface area contributed by atoms with Crippen molar-refractivity contribution in [3.8, 4) is 11.1 Å². The summed E-state index contributed by atoms with van der Waals surface area (Å²) in [6.45, 7) is 1.42. The average Bonchev–Trinajstić information content (AvgIpc) is 2.95. The molecule has 0 fully saturated rings. The predicted molar refractivity (Wildman–Crippen MR) is 64.2 cm³/mol. The molecule has 94 valence electrons. The molecule has 1 aromatic heterocycles. The first-order chi connectivity index (χ1) is 8.72. The molecule has 0 saturated carbocycles. The van der Waals surface area contributed by atoms with Crippen LogP contribution in [0.3, 0.4) is 0 Å². The first-order valence-corrected chi connectivity index (χ1v) is 5.86. The lowest BCUT2D eigenvalue weighted by Crippen LogP contribution is -2.06. The minimum absolute atomic E-state index is 0.355. The summed E-state index contributed by atoms with van der Waals surface area (Å²) in [5.74, 6) is 0. The van der Waals surface area contributed by atoms with E-state index in [-0.39, 0.29) is 6.54 Å². The molecule has 0 bridgehead atoms. The van der Waals surface area contributed by atoms with E-state index in [0.717, 1.165) is 24.2 Å². The van der Waals surface area contributed by atoms with Gasteiger partial charge < -0.3 is 5.32 Å². The third-order valence-corrected chi connectivity index (χ3v) is 3.13. The van der Waals surface area contributed by atoms with E-state index in [0.29, 0.717) is 0 Å². The number of nitrogens with one attached hydrogen (secondary N) is 1. The van der Waals surface area contributed by atoms with Gasteiger partial charge >= 0.3 is 0 Å². The molecule has 0 radical (unpaired) electrons. The van der Waals surface area contributed by atoms with E-state index in [1.807, 2.05) is 6.07 Å². The Labute approximate surface area is 103 Å². The van der Waals surface area contributed by atoms with Crippen LogP contribution in [0.5, 0.6) is 0 Å². The van der Waals surface area contributed by atoms with Gasteiger partial charge in [-0.1, -0.05) is 12.1 Å². The largest absolute Gasteiger partial charge is 0.309 e. The molecule has 1 aliphatic heterocycles. The van der Waals surface area contributed by atoms with Crippen molar-refractivity contribution < 1.29 is 8.78 Å². The molecule has 1 aromatic carbocycles. The monoisotopic (exact) mass is 249 g/mol. The van der Waals surface area contributed by atoms with Crippen molar-refractivity contribution in [1.29, 1.82) is 0 Å². The van der Waals surface area contributed by atoms with Crippen LogP contribution in [0.2, 0.25) is 0 Å². The Bertz CT molecular complexity index is 563. The van der Waals surface area contributed by atoms with Gasteiger partial charge in [0.1, 0.15) is 6.54 Å². The number of halogens is 2. The minimum atomic E-state index is -2.37. The lowest BCUT2D eigenvalue weighted by atomic mass is 10.0. The fourth-order valence-corrected chi connectivity index (χ4v) is 2.23. The van der Waals surface area contributed by atoms with Crippen LogP contribution in [0.1, 0.15) is 11.1 Å². The quantitative estimate of drug-likeness (QED) is 0.905. The fraction of sp³-hybridized carbons (Fsp3) is 0.308. The second-order valence-electron chi connectivity index (χ2n) is 4.43. The molecule has 0 amide bonds. The van der Waals surface area contributed by atoms with Crippen LogP contribution < -0.4 is 5.32 Å². The molecule has 0 unspecified atom stereocenters. The molecule has 1 aliphatic rings. The van der Waals surface area contributed by atoms with Gasteiger partial charge in [-0.05, 0) is 22.8 Å². The van der Waals surface area contributed by atoms with Gasteiger partial charge in [-0.2, -0.15) is 5.10 Å². The molecular formula is C13H13F2N3. The first kappa shape index (κ1) is 11.3. The highest BCUT2D eigenvalue weighted by Gasteiger charge is 2.12. The van der Waals surface area contributed by atoms with Crippen molar-refractivity contribution in [3.05, 3.63) is 41.7 Å². The molecule has 0 atom stereocenters. The molecule has 0 saturated heterocycles. The van der Waals surface area contributed by atoms with E-state index in [1.165, 1.54) is 15.8 Å². The van der Waals surface area contributed by atoms with Crippen LogP contribution in [0.25, 0.3) is 11.1 Å². The summed E-state index contributed by atoms with van der Waals surface area (Å²) in [6, 6.07) is 6.18. The van der Waals surface area contributed by atoms with Gasteiger partial charge in [0.05, 0.1) is 6.20 Å². The summed E-state index contributed by atoms with van der Waals surface area (Å²) < 4.78 is 25.8. The highest BCUT2D eigenvalue weighted by atomic mass is 19.3. The van der Waals surface area contributed by atoms with Crippen LogP contribution in [-0.2, 0) is 19.6 Å². The molecule has 2 aromatic rings. The van der Waals surface area contributed by atoms with Gasteiger partial charge in [-0.25, -0.2) is 8.78 Å². The molecule has 1 N–H and O–H groups in total. The van der Waals surface area contributed by atoms with Gasteiger partial charge in [-0.15, -0.1) is 0 Å². The maximum absolute atomic E-state index is 12.2. The molecule has 0 aliphatic carbocycles. The highest BCUT2D eigenvalue weighted by Crippen LogP contribution is 2.24. The zero-order valence-electron chi connectivity index (χ0n) is 9.74. The van der Waals surface area contributed by atoms with Gasteiger partial charge in [0.25, 0.3) is 6.43 Å². The average molecular weight is 249 g/mol. The third-order valence-electron chi connectivity index (χ3n) is 3.13. The van der Waals surface area contributed by atoms with Gasteiger partial charge in [0.15, 0.2) is 0 Å². The Morgan fingerprint density at radius 1 is 1.22 bits per heavy atom. The molecule has 3 nitrogen and oxygen atoms in total. The lowest BCUT2D eigenvalue weighted by Gasteiger charge is -2.02. The summed E-state index contributed by atoms with van der Waals surface area (Å²) in [6.07, 6.45) is 0.921. The molecule has 18 heavy (non-hydrogen) atoms. The van der Waals surface area contributed by atoms with E-state index < -0.39 is 6.43 Å². The first-order valence-electron chi connectivity index (χ1n) is 5.86. The second-order valence-corrected chi connectivity index (χ2v) is 4.43. The smallest absolute Gasteiger partial charge is 0.257 e. The van der Waals surface area contributed by atoms with Crippen LogP contribution in [0.4, 0.5) is 8.78 Å². The topological polar surface area (TPSA) is 29.9 Å². The van der Waals surface area contributed by atoms with Crippen molar-refractivity contribution in [2.24, 2.45) is 0 Å². The van der Waals surface area contributed by atoms with E-state index in [2.05, 4.69) is 22.5 Å². The van der Waals surface area contributed by atoms with Crippen molar-refractivity contribution in [2.45, 2.75) is 26.1 Å². The maximum atomic E-state index is 12.2. The molecule has 0 spiro atoms. The summed E-state index contributed by atoms with van der Waals surface area (Å²) in [5.41, 5.74) is 4.48. The minimum Gasteiger partial charge on any atom is -0.309 e. The summed E-state index contributed by atoms with van der Waals surface area (Å²) >= 11 is 0. The number of alkyl halides is 2. The zero-order chi connectivity index (χ0) is 12.5. The Kier molecular flexibility index (Phi) is 2.83. The zero-order valence-corrected chi connectivity index (χ0v) is 9.74. The number of hydrogen-bond acceptors (Lipinski definition) is 2. The number of aromatic nitrogens is 2. The van der Waals surface area contributed by atoms with Crippen molar-refractivity contribution in [2.75, 3.05) is 0 Å². The number of fused-ring (bicyclic) bond motifs is 1. The molecule has 5 heteroatoms. The van der Waals surface area contributed by atoms with Crippen molar-refractivity contribution in [3.63, 3.8) is 0 Å². The normalized spacial score (nSPS) is 14.2. The third kappa shape index (κ3) is 2.13. The van der Waals surface area contributed by atoms with Crippen LogP contribution in [0, 0.1) is 0 Å². The second kappa shape index (κ2) is 4.49. The molecule has 2 heterocycles. The molecule has 3 rings (SSSR count). The Hall–Kier alpha value is -1.75. The van der Waals surface area contributed by atoms with Gasteiger partial charge in [-0.3, -0.25) is 4.68 Å². The van der Waals surface area contributed by atoms with Gasteiger partial charge in [0.2, 0.25) is 0 Å². The summed E-state index contributed by atoms with van der Waals surface area (Å²) in [7, 11) is 0. The van der Waals surface area contributed by atoms with Crippen molar-refractivity contribution in [1.82, 2.24) is 15.1 Å². The number of benzene rings is 1. The van der Waals surface area contributed by atoms with Crippen LogP contribution in [0.15, 0.2) is 30.6 Å². The van der Waals surface area contributed by atoms with E-state index >= 15 is 0 Å². The fourth-order valence-electron chi connectivity index (χ4n) is 2.23. The number of hydrogen-bond donors (Lipinski definition) is 1. The SMILES string of the molecule is FC(F)Cn1cc(-c2ccc3c(c2)CNC3)cn1. The summed E-state index contributed by atoms with van der Waals surface area (Å²) in [4.78, 5) is 0. The standard InChI is InChI=1S/C13H13F2N3/c14-13(15)8-18-7-12(6-17-18)9-1-2-10-4-16-5-11(10)3-9/h1-3,6-7,13,16H,4-5,8H2. The van der Waals surface area contributed by atoms with E-state index in [9.17, 15) is 8.78 Å². The van der Waals surface area contributed by atoms with E-state index in [4.69, 9.17) is 0 Å².